The Bertz CT molecular complexity index is 1140. The first-order valence-corrected chi connectivity index (χ1v) is 12.0. The van der Waals surface area contributed by atoms with Gasteiger partial charge in [0.1, 0.15) is 5.52 Å². The summed E-state index contributed by atoms with van der Waals surface area (Å²) in [7, 11) is -3.11. The molecule has 1 saturated heterocycles. The van der Waals surface area contributed by atoms with Crippen LogP contribution in [0.15, 0.2) is 53.1 Å². The van der Waals surface area contributed by atoms with Crippen molar-refractivity contribution in [3.8, 4) is 11.3 Å². The highest BCUT2D eigenvalue weighted by Crippen LogP contribution is 2.30. The van der Waals surface area contributed by atoms with E-state index in [-0.39, 0.29) is 22.8 Å². The molecule has 6 nitrogen and oxygen atoms in total. The minimum absolute atomic E-state index is 0.0863. The van der Waals surface area contributed by atoms with Crippen molar-refractivity contribution in [1.82, 2.24) is 10.1 Å². The molecule has 1 aliphatic heterocycles. The number of carbonyl (C=O) groups is 1. The monoisotopic (exact) mass is 426 g/mol. The second kappa shape index (κ2) is 8.22. The third kappa shape index (κ3) is 4.12. The van der Waals surface area contributed by atoms with Gasteiger partial charge in [-0.2, -0.15) is 0 Å². The van der Waals surface area contributed by atoms with Gasteiger partial charge in [0.05, 0.1) is 16.4 Å². The standard InChI is InChI=1S/C23H26N2O4S/c1-16(2)15-30(27,28)19-10-12-25(13-11-19)23(26)18-8-9-21-20(14-18)22(29-24-21)17-6-4-3-5-7-17/h3-9,14,16,19H,10-13,15H2,1-2H3. The maximum absolute atomic E-state index is 13.1. The number of fused-ring (bicyclic) bond motifs is 1. The first kappa shape index (κ1) is 20.6. The summed E-state index contributed by atoms with van der Waals surface area (Å²) < 4.78 is 30.5. The molecule has 0 N–H and O–H groups in total. The summed E-state index contributed by atoms with van der Waals surface area (Å²) >= 11 is 0. The summed E-state index contributed by atoms with van der Waals surface area (Å²) in [4.78, 5) is 14.8. The maximum Gasteiger partial charge on any atom is 0.253 e. The van der Waals surface area contributed by atoms with E-state index in [0.29, 0.717) is 42.8 Å². The number of nitrogens with zero attached hydrogens (tertiary/aromatic N) is 2. The van der Waals surface area contributed by atoms with Crippen LogP contribution < -0.4 is 0 Å². The molecule has 0 unspecified atom stereocenters. The molecule has 2 heterocycles. The van der Waals surface area contributed by atoms with Crippen LogP contribution in [0.5, 0.6) is 0 Å². The fraction of sp³-hybridized carbons (Fsp3) is 0.391. The number of hydrogen-bond acceptors (Lipinski definition) is 5. The van der Waals surface area contributed by atoms with Gasteiger partial charge in [-0.25, -0.2) is 8.42 Å². The lowest BCUT2D eigenvalue weighted by molar-refractivity contribution is 0.0726. The number of hydrogen-bond donors (Lipinski definition) is 0. The number of rotatable bonds is 5. The van der Waals surface area contributed by atoms with Crippen LogP contribution in [-0.2, 0) is 9.84 Å². The van der Waals surface area contributed by atoms with Crippen molar-refractivity contribution in [2.45, 2.75) is 31.9 Å². The van der Waals surface area contributed by atoms with Crippen molar-refractivity contribution in [1.29, 1.82) is 0 Å². The van der Waals surface area contributed by atoms with Crippen molar-refractivity contribution in [2.24, 2.45) is 5.92 Å². The Labute approximate surface area is 176 Å². The Morgan fingerprint density at radius 3 is 2.50 bits per heavy atom. The summed E-state index contributed by atoms with van der Waals surface area (Å²) in [5.74, 6) is 0.872. The van der Waals surface area contributed by atoms with E-state index >= 15 is 0 Å². The van der Waals surface area contributed by atoms with Crippen molar-refractivity contribution in [2.75, 3.05) is 18.8 Å². The predicted octanol–water partition coefficient (Wildman–Crippen LogP) is 4.17. The van der Waals surface area contributed by atoms with E-state index in [2.05, 4.69) is 5.16 Å². The molecular weight excluding hydrogens is 400 g/mol. The van der Waals surface area contributed by atoms with Gasteiger partial charge in [0.15, 0.2) is 15.6 Å². The summed E-state index contributed by atoms with van der Waals surface area (Å²) in [6.45, 7) is 4.74. The smallest absolute Gasteiger partial charge is 0.253 e. The van der Waals surface area contributed by atoms with E-state index in [0.717, 1.165) is 10.9 Å². The maximum atomic E-state index is 13.1. The fourth-order valence-electron chi connectivity index (χ4n) is 4.07. The summed E-state index contributed by atoms with van der Waals surface area (Å²) in [6.07, 6.45) is 0.983. The number of carbonyl (C=O) groups excluding carboxylic acids is 1. The Hall–Kier alpha value is -2.67. The lowest BCUT2D eigenvalue weighted by Gasteiger charge is -2.32. The molecule has 3 aromatic rings. The molecule has 7 heteroatoms. The average Bonchev–Trinajstić information content (AvgIpc) is 3.16. The molecule has 30 heavy (non-hydrogen) atoms. The molecular formula is C23H26N2O4S. The topological polar surface area (TPSA) is 80.5 Å². The van der Waals surface area contributed by atoms with Crippen LogP contribution in [0.3, 0.4) is 0 Å². The molecule has 0 atom stereocenters. The lowest BCUT2D eigenvalue weighted by Crippen LogP contribution is -2.43. The number of piperidine rings is 1. The highest BCUT2D eigenvalue weighted by molar-refractivity contribution is 7.92. The zero-order chi connectivity index (χ0) is 21.3. The molecule has 0 spiro atoms. The molecule has 1 amide bonds. The van der Waals surface area contributed by atoms with Crippen LogP contribution in [0.4, 0.5) is 0 Å². The van der Waals surface area contributed by atoms with Gasteiger partial charge >= 0.3 is 0 Å². The number of benzene rings is 2. The lowest BCUT2D eigenvalue weighted by atomic mass is 10.0. The number of aromatic nitrogens is 1. The van der Waals surface area contributed by atoms with Gasteiger partial charge in [-0.3, -0.25) is 4.79 Å². The third-order valence-electron chi connectivity index (χ3n) is 5.56. The predicted molar refractivity (Wildman–Crippen MR) is 117 cm³/mol. The molecule has 1 aromatic heterocycles. The van der Waals surface area contributed by atoms with E-state index in [1.807, 2.05) is 50.2 Å². The molecule has 0 aliphatic carbocycles. The quantitative estimate of drug-likeness (QED) is 0.612. The Balaban J connectivity index is 1.52. The molecule has 0 bridgehead atoms. The van der Waals surface area contributed by atoms with Crippen LogP contribution in [0.25, 0.3) is 22.2 Å². The van der Waals surface area contributed by atoms with Gasteiger partial charge in [-0.15, -0.1) is 0 Å². The Morgan fingerprint density at radius 1 is 1.13 bits per heavy atom. The van der Waals surface area contributed by atoms with Gasteiger partial charge in [-0.1, -0.05) is 49.3 Å². The summed E-state index contributed by atoms with van der Waals surface area (Å²) in [5.41, 5.74) is 2.16. The van der Waals surface area contributed by atoms with Crippen LogP contribution in [0.1, 0.15) is 37.0 Å². The van der Waals surface area contributed by atoms with Crippen molar-refractivity contribution in [3.63, 3.8) is 0 Å². The van der Waals surface area contributed by atoms with Crippen molar-refractivity contribution < 1.29 is 17.7 Å². The number of likely N-dealkylation sites (tertiary alicyclic amines) is 1. The molecule has 1 fully saturated rings. The first-order chi connectivity index (χ1) is 14.3. The molecule has 0 saturated carbocycles. The Morgan fingerprint density at radius 2 is 1.83 bits per heavy atom. The summed E-state index contributed by atoms with van der Waals surface area (Å²) in [6, 6.07) is 15.0. The first-order valence-electron chi connectivity index (χ1n) is 10.3. The van der Waals surface area contributed by atoms with Crippen LogP contribution in [-0.4, -0.2) is 48.5 Å². The van der Waals surface area contributed by atoms with E-state index in [4.69, 9.17) is 4.52 Å². The molecule has 4 rings (SSSR count). The minimum atomic E-state index is -3.11. The zero-order valence-electron chi connectivity index (χ0n) is 17.2. The van der Waals surface area contributed by atoms with Gasteiger partial charge in [0.2, 0.25) is 0 Å². The van der Waals surface area contributed by atoms with E-state index in [1.54, 1.807) is 17.0 Å². The van der Waals surface area contributed by atoms with Gasteiger partial charge in [0, 0.05) is 24.2 Å². The molecule has 2 aromatic carbocycles. The second-order valence-corrected chi connectivity index (χ2v) is 10.7. The van der Waals surface area contributed by atoms with Gasteiger partial charge < -0.3 is 9.42 Å². The van der Waals surface area contributed by atoms with Crippen LogP contribution in [0, 0.1) is 5.92 Å². The minimum Gasteiger partial charge on any atom is -0.355 e. The fourth-order valence-corrected chi connectivity index (χ4v) is 6.20. The summed E-state index contributed by atoms with van der Waals surface area (Å²) in [5, 5.41) is 4.54. The number of sulfone groups is 1. The van der Waals surface area contributed by atoms with E-state index in [1.165, 1.54) is 0 Å². The van der Waals surface area contributed by atoms with Crippen LogP contribution >= 0.6 is 0 Å². The molecule has 158 valence electrons. The largest absolute Gasteiger partial charge is 0.355 e. The number of amides is 1. The highest BCUT2D eigenvalue weighted by atomic mass is 32.2. The van der Waals surface area contributed by atoms with Crippen molar-refractivity contribution >= 4 is 26.6 Å². The SMILES string of the molecule is CC(C)CS(=O)(=O)C1CCN(C(=O)c2ccc3noc(-c4ccccc4)c3c2)CC1. The second-order valence-electron chi connectivity index (χ2n) is 8.32. The molecule has 0 radical (unpaired) electrons. The van der Waals surface area contributed by atoms with Crippen molar-refractivity contribution in [3.05, 3.63) is 54.1 Å². The Kier molecular flexibility index (Phi) is 5.64. The highest BCUT2D eigenvalue weighted by Gasteiger charge is 2.32. The van der Waals surface area contributed by atoms with Gasteiger partial charge in [-0.05, 0) is 37.0 Å². The third-order valence-corrected chi connectivity index (χ3v) is 8.18. The van der Waals surface area contributed by atoms with Crippen LogP contribution in [0.2, 0.25) is 0 Å². The van der Waals surface area contributed by atoms with E-state index < -0.39 is 9.84 Å². The van der Waals surface area contributed by atoms with Gasteiger partial charge in [0.25, 0.3) is 5.91 Å². The van der Waals surface area contributed by atoms with E-state index in [9.17, 15) is 13.2 Å². The molecule has 1 aliphatic rings. The zero-order valence-corrected chi connectivity index (χ0v) is 18.1. The normalized spacial score (nSPS) is 15.8. The average molecular weight is 427 g/mol.